The Bertz CT molecular complexity index is 783. The van der Waals surface area contributed by atoms with Crippen LogP contribution in [0.15, 0.2) is 18.7 Å². The summed E-state index contributed by atoms with van der Waals surface area (Å²) in [5.41, 5.74) is 5.05. The van der Waals surface area contributed by atoms with Crippen LogP contribution in [0.5, 0.6) is 0 Å². The topological polar surface area (TPSA) is 54.8 Å². The molecule has 7 heteroatoms. The predicted octanol–water partition coefficient (Wildman–Crippen LogP) is 7.58. The molecule has 2 heterocycles. The summed E-state index contributed by atoms with van der Waals surface area (Å²) >= 11 is 0. The number of hydrogen-bond donors (Lipinski definition) is 0. The van der Waals surface area contributed by atoms with E-state index in [0.717, 1.165) is 11.3 Å². The van der Waals surface area contributed by atoms with Gasteiger partial charge >= 0.3 is 0 Å². The number of fused-ring (bicyclic) bond motifs is 1. The lowest BCUT2D eigenvalue weighted by Crippen LogP contribution is -2.74. The molecular formula is C24H45N5Si2. The minimum absolute atomic E-state index is 0.581. The smallest absolute Gasteiger partial charge is 0.183 e. The SMILES string of the molecule is CC(C)[Si](C(C)C)(C(C)C)N(c1ncnc2nccnc12)[Si](C(C)C)(C(C)C)C(C)C. The summed E-state index contributed by atoms with van der Waals surface area (Å²) in [5, 5.41) is 0. The lowest BCUT2D eigenvalue weighted by Gasteiger charge is -2.63. The fourth-order valence-corrected chi connectivity index (χ4v) is 26.7. The van der Waals surface area contributed by atoms with Crippen LogP contribution in [0.4, 0.5) is 5.82 Å². The molecule has 31 heavy (non-hydrogen) atoms. The highest BCUT2D eigenvalue weighted by atomic mass is 28.4. The normalized spacial score (nSPS) is 13.6. The predicted molar refractivity (Wildman–Crippen MR) is 140 cm³/mol. The molecule has 0 aliphatic heterocycles. The third kappa shape index (κ3) is 3.96. The molecule has 0 N–H and O–H groups in total. The lowest BCUT2D eigenvalue weighted by molar-refractivity contribution is 0.758. The minimum Gasteiger partial charge on any atom is -0.405 e. The number of nitrogens with zero attached hydrogens (tertiary/aromatic N) is 5. The fourth-order valence-electron chi connectivity index (χ4n) is 7.20. The molecule has 2 rings (SSSR count). The van der Waals surface area contributed by atoms with E-state index in [1.165, 1.54) is 0 Å². The fraction of sp³-hybridized carbons (Fsp3) is 0.750. The van der Waals surface area contributed by atoms with Crippen LogP contribution in [0.2, 0.25) is 33.2 Å². The first kappa shape index (κ1) is 25.9. The monoisotopic (exact) mass is 459 g/mol. The van der Waals surface area contributed by atoms with Gasteiger partial charge in [0.25, 0.3) is 0 Å². The Morgan fingerprint density at radius 1 is 0.548 bits per heavy atom. The second-order valence-electron chi connectivity index (χ2n) is 11.0. The van der Waals surface area contributed by atoms with Gasteiger partial charge in [-0.2, -0.15) is 0 Å². The summed E-state index contributed by atoms with van der Waals surface area (Å²) in [6.45, 7) is 29.4. The zero-order valence-electron chi connectivity index (χ0n) is 21.9. The molecular weight excluding hydrogens is 414 g/mol. The number of aromatic nitrogens is 4. The van der Waals surface area contributed by atoms with Gasteiger partial charge in [0.15, 0.2) is 22.1 Å². The molecule has 5 nitrogen and oxygen atoms in total. The summed E-state index contributed by atoms with van der Waals surface area (Å²) in [4.78, 5) is 18.8. The zero-order valence-corrected chi connectivity index (χ0v) is 23.9. The van der Waals surface area contributed by atoms with Crippen molar-refractivity contribution in [3.63, 3.8) is 0 Å². The first-order valence-corrected chi connectivity index (χ1v) is 16.5. The standard InChI is InChI=1S/C24H45N5Si2/c1-16(2)30(17(3)4,18(5)6)29(31(19(7)8,20(9)10)21(11)12)24-22-23(27-15-28-24)26-14-13-25-22/h13-21H,1-12H3. The van der Waals surface area contributed by atoms with E-state index in [-0.39, 0.29) is 0 Å². The highest BCUT2D eigenvalue weighted by Gasteiger charge is 2.60. The van der Waals surface area contributed by atoms with Crippen LogP contribution in [0.3, 0.4) is 0 Å². The first-order valence-electron chi connectivity index (χ1n) is 12.1. The van der Waals surface area contributed by atoms with Crippen LogP contribution in [-0.4, -0.2) is 36.4 Å². The Labute approximate surface area is 192 Å². The molecule has 0 bridgehead atoms. The maximum absolute atomic E-state index is 5.02. The Kier molecular flexibility index (Phi) is 8.07. The van der Waals surface area contributed by atoms with Gasteiger partial charge in [0, 0.05) is 12.4 Å². The van der Waals surface area contributed by atoms with Gasteiger partial charge in [0.2, 0.25) is 0 Å². The molecule has 0 amide bonds. The van der Waals surface area contributed by atoms with E-state index < -0.39 is 16.5 Å². The zero-order chi connectivity index (χ0) is 23.7. The number of hydrogen-bond acceptors (Lipinski definition) is 5. The van der Waals surface area contributed by atoms with Crippen molar-refractivity contribution in [2.45, 2.75) is 116 Å². The Hall–Kier alpha value is -1.35. The van der Waals surface area contributed by atoms with E-state index in [4.69, 9.17) is 9.97 Å². The van der Waals surface area contributed by atoms with Crippen molar-refractivity contribution in [1.29, 1.82) is 0 Å². The van der Waals surface area contributed by atoms with Crippen LogP contribution in [0.25, 0.3) is 11.2 Å². The third-order valence-electron chi connectivity index (χ3n) is 7.79. The first-order chi connectivity index (χ1) is 14.4. The van der Waals surface area contributed by atoms with Crippen molar-refractivity contribution < 1.29 is 0 Å². The molecule has 0 aliphatic carbocycles. The van der Waals surface area contributed by atoms with Crippen LogP contribution in [0.1, 0.15) is 83.1 Å². The van der Waals surface area contributed by atoms with Crippen molar-refractivity contribution in [3.8, 4) is 0 Å². The van der Waals surface area contributed by atoms with E-state index in [1.807, 2.05) is 0 Å². The van der Waals surface area contributed by atoms with Gasteiger partial charge < -0.3 is 4.23 Å². The third-order valence-corrected chi connectivity index (χ3v) is 23.2. The molecule has 0 saturated heterocycles. The van der Waals surface area contributed by atoms with Crippen LogP contribution < -0.4 is 4.23 Å². The Morgan fingerprint density at radius 3 is 1.32 bits per heavy atom. The maximum Gasteiger partial charge on any atom is 0.183 e. The van der Waals surface area contributed by atoms with Crippen LogP contribution >= 0.6 is 0 Å². The van der Waals surface area contributed by atoms with E-state index in [1.54, 1.807) is 18.7 Å². The number of rotatable bonds is 9. The Morgan fingerprint density at radius 2 is 0.935 bits per heavy atom. The van der Waals surface area contributed by atoms with Gasteiger partial charge in [-0.1, -0.05) is 83.1 Å². The van der Waals surface area contributed by atoms with Crippen molar-refractivity contribution in [1.82, 2.24) is 19.9 Å². The number of anilines is 1. The minimum atomic E-state index is -2.10. The summed E-state index contributed by atoms with van der Waals surface area (Å²) in [5.74, 6) is 1.05. The molecule has 174 valence electrons. The van der Waals surface area contributed by atoms with E-state index in [0.29, 0.717) is 38.9 Å². The van der Waals surface area contributed by atoms with Gasteiger partial charge in [-0.3, -0.25) is 0 Å². The highest BCUT2D eigenvalue weighted by Crippen LogP contribution is 2.55. The molecule has 0 fully saturated rings. The molecule has 0 unspecified atom stereocenters. The van der Waals surface area contributed by atoms with Gasteiger partial charge in [-0.25, -0.2) is 19.9 Å². The van der Waals surface area contributed by atoms with Crippen molar-refractivity contribution in [2.24, 2.45) is 0 Å². The van der Waals surface area contributed by atoms with Crippen LogP contribution in [0, 0.1) is 0 Å². The van der Waals surface area contributed by atoms with Gasteiger partial charge in [0.1, 0.15) is 17.7 Å². The summed E-state index contributed by atoms with van der Waals surface area (Å²) in [7, 11) is -4.20. The largest absolute Gasteiger partial charge is 0.405 e. The van der Waals surface area contributed by atoms with Gasteiger partial charge in [0.05, 0.1) is 0 Å². The van der Waals surface area contributed by atoms with Crippen LogP contribution in [-0.2, 0) is 0 Å². The quantitative estimate of drug-likeness (QED) is 0.362. The second kappa shape index (κ2) is 9.65. The highest BCUT2D eigenvalue weighted by molar-refractivity contribution is 7.05. The molecule has 2 aromatic heterocycles. The average Bonchev–Trinajstić information content (AvgIpc) is 2.65. The average molecular weight is 460 g/mol. The van der Waals surface area contributed by atoms with Gasteiger partial charge in [-0.15, -0.1) is 0 Å². The summed E-state index contributed by atoms with van der Waals surface area (Å²) in [6.07, 6.45) is 5.24. The van der Waals surface area contributed by atoms with E-state index in [9.17, 15) is 0 Å². The molecule has 0 radical (unpaired) electrons. The molecule has 2 aromatic rings. The van der Waals surface area contributed by atoms with Gasteiger partial charge in [-0.05, 0) is 33.2 Å². The second-order valence-corrected chi connectivity index (χ2v) is 22.8. The molecule has 0 atom stereocenters. The van der Waals surface area contributed by atoms with Crippen molar-refractivity contribution in [2.75, 3.05) is 4.23 Å². The molecule has 0 spiro atoms. The van der Waals surface area contributed by atoms with E-state index >= 15 is 0 Å². The van der Waals surface area contributed by atoms with E-state index in [2.05, 4.69) is 97.3 Å². The summed E-state index contributed by atoms with van der Waals surface area (Å²) in [6, 6.07) is 0. The van der Waals surface area contributed by atoms with Crippen molar-refractivity contribution >= 4 is 33.5 Å². The lowest BCUT2D eigenvalue weighted by atomic mass is 10.5. The Balaban J connectivity index is 3.15. The molecule has 0 saturated carbocycles. The molecule has 0 aliphatic rings. The molecule has 0 aromatic carbocycles. The summed E-state index contributed by atoms with van der Waals surface area (Å²) < 4.78 is 2.98. The van der Waals surface area contributed by atoms with Crippen molar-refractivity contribution in [3.05, 3.63) is 18.7 Å². The maximum atomic E-state index is 5.02.